The second-order valence-electron chi connectivity index (χ2n) is 3.61. The molecule has 1 heterocycles. The van der Waals surface area contributed by atoms with Gasteiger partial charge in [-0.3, -0.25) is 0 Å². The normalized spacial score (nSPS) is 11.8. The molecule has 0 aliphatic rings. The topological polar surface area (TPSA) is 96.8 Å². The van der Waals surface area contributed by atoms with Crippen molar-refractivity contribution in [2.45, 2.75) is 17.6 Å². The number of hydrogen-bond acceptors (Lipinski definition) is 7. The fourth-order valence-electron chi connectivity index (χ4n) is 1.48. The summed E-state index contributed by atoms with van der Waals surface area (Å²) in [7, 11) is -2.68. The molecule has 0 unspecified atom stereocenters. The van der Waals surface area contributed by atoms with Crippen LogP contribution in [0.3, 0.4) is 0 Å². The molecule has 0 saturated carbocycles. The van der Waals surface area contributed by atoms with Crippen molar-refractivity contribution >= 4 is 27.3 Å². The van der Waals surface area contributed by atoms with E-state index >= 15 is 0 Å². The number of sulfonamides is 1. The third kappa shape index (κ3) is 3.50. The molecule has 1 aromatic rings. The maximum absolute atomic E-state index is 12.4. The van der Waals surface area contributed by atoms with Crippen molar-refractivity contribution in [2.24, 2.45) is 0 Å². The van der Waals surface area contributed by atoms with Crippen LogP contribution in [0.15, 0.2) is 9.72 Å². The number of hydrogen-bond donors (Lipinski definition) is 1. The minimum atomic E-state index is -3.84. The molecule has 19 heavy (non-hydrogen) atoms. The van der Waals surface area contributed by atoms with Crippen LogP contribution >= 0.6 is 11.3 Å². The van der Waals surface area contributed by atoms with Crippen molar-refractivity contribution in [1.82, 2.24) is 9.29 Å². The molecule has 0 bridgehead atoms. The molecule has 1 aromatic heterocycles. The van der Waals surface area contributed by atoms with Gasteiger partial charge in [-0.2, -0.15) is 4.31 Å². The van der Waals surface area contributed by atoms with E-state index in [1.807, 2.05) is 6.92 Å². The first kappa shape index (κ1) is 16.0. The molecular formula is C10H16N2O5S2. The van der Waals surface area contributed by atoms with Gasteiger partial charge in [0, 0.05) is 13.1 Å². The zero-order valence-electron chi connectivity index (χ0n) is 10.7. The number of carbonyl (C=O) groups is 1. The lowest BCUT2D eigenvalue weighted by molar-refractivity contribution is 0.0590. The van der Waals surface area contributed by atoms with Crippen LogP contribution < -0.4 is 0 Å². The number of ether oxygens (including phenoxy) is 1. The molecule has 0 aromatic carbocycles. The number of aliphatic hydroxyl groups excluding tert-OH is 1. The van der Waals surface area contributed by atoms with E-state index in [1.165, 1.54) is 5.51 Å². The van der Waals surface area contributed by atoms with E-state index < -0.39 is 16.0 Å². The van der Waals surface area contributed by atoms with E-state index in [1.54, 1.807) is 0 Å². The van der Waals surface area contributed by atoms with Gasteiger partial charge in [-0.15, -0.1) is 11.3 Å². The average molecular weight is 308 g/mol. The lowest BCUT2D eigenvalue weighted by atomic mass is 10.5. The summed E-state index contributed by atoms with van der Waals surface area (Å²) in [6, 6.07) is 0. The summed E-state index contributed by atoms with van der Waals surface area (Å²) in [5, 5.41) is 8.94. The highest BCUT2D eigenvalue weighted by Crippen LogP contribution is 2.24. The van der Waals surface area contributed by atoms with E-state index in [4.69, 9.17) is 5.11 Å². The van der Waals surface area contributed by atoms with Gasteiger partial charge in [0.15, 0.2) is 9.90 Å². The van der Waals surface area contributed by atoms with Gasteiger partial charge in [-0.1, -0.05) is 6.92 Å². The lowest BCUT2D eigenvalue weighted by Crippen LogP contribution is -2.34. The van der Waals surface area contributed by atoms with Crippen LogP contribution in [-0.4, -0.2) is 55.6 Å². The summed E-state index contributed by atoms with van der Waals surface area (Å²) >= 11 is 0.857. The Bertz CT molecular complexity index is 520. The molecule has 0 aliphatic carbocycles. The van der Waals surface area contributed by atoms with E-state index in [9.17, 15) is 13.2 Å². The number of aromatic nitrogens is 1. The van der Waals surface area contributed by atoms with Crippen LogP contribution in [0.25, 0.3) is 0 Å². The molecule has 0 atom stereocenters. The number of aliphatic hydroxyl groups is 1. The van der Waals surface area contributed by atoms with Crippen LogP contribution in [0.4, 0.5) is 0 Å². The van der Waals surface area contributed by atoms with Crippen molar-refractivity contribution in [2.75, 3.05) is 26.8 Å². The minimum Gasteiger partial charge on any atom is -0.464 e. The average Bonchev–Trinajstić information content (AvgIpc) is 2.87. The summed E-state index contributed by atoms with van der Waals surface area (Å²) in [6.07, 6.45) is 0.603. The number of rotatable bonds is 7. The Balaban J connectivity index is 3.18. The van der Waals surface area contributed by atoms with Crippen LogP contribution in [0.1, 0.15) is 23.8 Å². The number of esters is 1. The second-order valence-corrected chi connectivity index (χ2v) is 6.60. The molecule has 7 nitrogen and oxygen atoms in total. The minimum absolute atomic E-state index is 0.0192. The largest absolute Gasteiger partial charge is 0.464 e. The van der Waals surface area contributed by atoms with Gasteiger partial charge >= 0.3 is 5.97 Å². The molecule has 0 aliphatic heterocycles. The predicted octanol–water partition coefficient (Wildman–Crippen LogP) is 0.323. The molecule has 1 N–H and O–H groups in total. The molecule has 0 radical (unpaired) electrons. The van der Waals surface area contributed by atoms with Crippen molar-refractivity contribution in [3.05, 3.63) is 11.2 Å². The second kappa shape index (κ2) is 6.94. The first-order chi connectivity index (χ1) is 8.98. The number of methoxy groups -OCH3 is 1. The Morgan fingerprint density at radius 3 is 2.74 bits per heavy atom. The van der Waals surface area contributed by atoms with Crippen LogP contribution in [0, 0.1) is 0 Å². The highest BCUT2D eigenvalue weighted by Gasteiger charge is 2.31. The van der Waals surface area contributed by atoms with Crippen molar-refractivity contribution < 1.29 is 23.1 Å². The maximum atomic E-state index is 12.4. The van der Waals surface area contributed by atoms with Gasteiger partial charge in [0.05, 0.1) is 19.2 Å². The van der Waals surface area contributed by atoms with Gasteiger partial charge in [0.1, 0.15) is 0 Å². The third-order valence-electron chi connectivity index (χ3n) is 2.31. The van der Waals surface area contributed by atoms with Crippen molar-refractivity contribution in [3.8, 4) is 0 Å². The summed E-state index contributed by atoms with van der Waals surface area (Å²) in [5.74, 6) is -0.791. The number of nitrogens with zero attached hydrogens (tertiary/aromatic N) is 2. The zero-order valence-corrected chi connectivity index (χ0v) is 12.3. The van der Waals surface area contributed by atoms with Crippen LogP contribution in [0.2, 0.25) is 0 Å². The van der Waals surface area contributed by atoms with E-state index in [0.717, 1.165) is 22.8 Å². The van der Waals surface area contributed by atoms with Crippen LogP contribution in [-0.2, 0) is 14.8 Å². The van der Waals surface area contributed by atoms with E-state index in [0.29, 0.717) is 6.42 Å². The van der Waals surface area contributed by atoms with E-state index in [2.05, 4.69) is 9.72 Å². The lowest BCUT2D eigenvalue weighted by Gasteiger charge is -2.19. The highest BCUT2D eigenvalue weighted by molar-refractivity contribution is 7.91. The fraction of sp³-hybridized carbons (Fsp3) is 0.600. The molecule has 0 saturated heterocycles. The van der Waals surface area contributed by atoms with Crippen molar-refractivity contribution in [3.63, 3.8) is 0 Å². The fourth-order valence-corrected chi connectivity index (χ4v) is 4.27. The molecular weight excluding hydrogens is 292 g/mol. The first-order valence-electron chi connectivity index (χ1n) is 5.61. The molecule has 0 fully saturated rings. The summed E-state index contributed by atoms with van der Waals surface area (Å²) < 4.78 is 30.3. The highest BCUT2D eigenvalue weighted by atomic mass is 32.2. The van der Waals surface area contributed by atoms with Gasteiger partial charge in [0.25, 0.3) is 10.0 Å². The first-order valence-corrected chi connectivity index (χ1v) is 7.93. The Labute approximate surface area is 115 Å². The quantitative estimate of drug-likeness (QED) is 0.729. The van der Waals surface area contributed by atoms with Crippen molar-refractivity contribution in [1.29, 1.82) is 0 Å². The molecule has 0 spiro atoms. The standard InChI is InChI=1S/C10H16N2O5S2/c1-3-4-12(5-6-13)19(15,16)10-8(9(14)17-2)11-7-18-10/h7,13H,3-6H2,1-2H3. The Morgan fingerprint density at radius 2 is 2.21 bits per heavy atom. The third-order valence-corrected chi connectivity index (χ3v) is 5.56. The van der Waals surface area contributed by atoms with Crippen LogP contribution in [0.5, 0.6) is 0 Å². The molecule has 0 amide bonds. The zero-order chi connectivity index (χ0) is 14.5. The summed E-state index contributed by atoms with van der Waals surface area (Å²) in [6.45, 7) is 1.79. The van der Waals surface area contributed by atoms with Gasteiger partial charge < -0.3 is 9.84 Å². The molecule has 108 valence electrons. The van der Waals surface area contributed by atoms with Gasteiger partial charge in [0.2, 0.25) is 0 Å². The number of carbonyl (C=O) groups excluding carboxylic acids is 1. The van der Waals surface area contributed by atoms with E-state index in [-0.39, 0.29) is 29.6 Å². The monoisotopic (exact) mass is 308 g/mol. The summed E-state index contributed by atoms with van der Waals surface area (Å²) in [4.78, 5) is 15.2. The number of thiazole rings is 1. The van der Waals surface area contributed by atoms with Gasteiger partial charge in [-0.05, 0) is 6.42 Å². The summed E-state index contributed by atoms with van der Waals surface area (Å²) in [5.41, 5.74) is 1.06. The van der Waals surface area contributed by atoms with Gasteiger partial charge in [-0.25, -0.2) is 18.2 Å². The molecule has 1 rings (SSSR count). The SMILES string of the molecule is CCCN(CCO)S(=O)(=O)c1scnc1C(=O)OC. The Morgan fingerprint density at radius 1 is 1.53 bits per heavy atom. The molecule has 9 heteroatoms. The predicted molar refractivity (Wildman–Crippen MR) is 69.6 cm³/mol. The Hall–Kier alpha value is -1.03. The Kier molecular flexibility index (Phi) is 5.85. The maximum Gasteiger partial charge on any atom is 0.358 e. The smallest absolute Gasteiger partial charge is 0.358 e.